The minimum Gasteiger partial charge on any atom is -0.481 e. The van der Waals surface area contributed by atoms with Gasteiger partial charge in [-0.2, -0.15) is 0 Å². The molecule has 1 aromatic heterocycles. The van der Waals surface area contributed by atoms with E-state index in [0.29, 0.717) is 23.7 Å². The Morgan fingerprint density at radius 1 is 1.47 bits per heavy atom. The fraction of sp³-hybridized carbons (Fsp3) is 0.500. The number of aryl methyl sites for hydroxylation is 1. The van der Waals surface area contributed by atoms with Gasteiger partial charge in [-0.15, -0.1) is 0 Å². The van der Waals surface area contributed by atoms with Crippen LogP contribution in [-0.4, -0.2) is 39.8 Å². The first-order valence-corrected chi connectivity index (χ1v) is 7.10. The van der Waals surface area contributed by atoms with Gasteiger partial charge in [-0.1, -0.05) is 11.8 Å². The zero-order valence-electron chi connectivity index (χ0n) is 10.8. The maximum Gasteiger partial charge on any atom is 0.311 e. The number of nitrogens with zero attached hydrogens (tertiary/aromatic N) is 2. The van der Waals surface area contributed by atoms with Gasteiger partial charge in [0, 0.05) is 12.2 Å². The van der Waals surface area contributed by atoms with E-state index >= 15 is 0 Å². The molecule has 1 aromatic rings. The SMILES string of the molecule is CSc1nc(C)cc(C(=O)NCC2(C(=O)O)CC2)n1. The molecule has 1 aliphatic rings. The topological polar surface area (TPSA) is 92.2 Å². The van der Waals surface area contributed by atoms with Gasteiger partial charge in [0.05, 0.1) is 5.41 Å². The highest BCUT2D eigenvalue weighted by Gasteiger charge is 2.50. The number of rotatable bonds is 5. The Labute approximate surface area is 115 Å². The minimum absolute atomic E-state index is 0.152. The zero-order chi connectivity index (χ0) is 14.0. The van der Waals surface area contributed by atoms with E-state index in [2.05, 4.69) is 15.3 Å². The molecule has 1 fully saturated rings. The molecule has 1 amide bonds. The van der Waals surface area contributed by atoms with Crippen LogP contribution in [0.5, 0.6) is 0 Å². The van der Waals surface area contributed by atoms with Crippen LogP contribution in [0.3, 0.4) is 0 Å². The Bertz CT molecular complexity index is 529. The highest BCUT2D eigenvalue weighted by atomic mass is 32.2. The van der Waals surface area contributed by atoms with Crippen molar-refractivity contribution in [1.29, 1.82) is 0 Å². The quantitative estimate of drug-likeness (QED) is 0.620. The Kier molecular flexibility index (Phi) is 3.75. The van der Waals surface area contributed by atoms with E-state index in [1.807, 2.05) is 6.26 Å². The third-order valence-corrected chi connectivity index (χ3v) is 3.69. The number of nitrogens with one attached hydrogen (secondary N) is 1. The molecule has 102 valence electrons. The summed E-state index contributed by atoms with van der Waals surface area (Å²) in [5.41, 5.74) is 0.224. The number of carbonyl (C=O) groups is 2. The van der Waals surface area contributed by atoms with Crippen molar-refractivity contribution in [2.75, 3.05) is 12.8 Å². The lowest BCUT2D eigenvalue weighted by Crippen LogP contribution is -2.34. The van der Waals surface area contributed by atoms with Crippen molar-refractivity contribution in [3.63, 3.8) is 0 Å². The van der Waals surface area contributed by atoms with Gasteiger partial charge in [0.2, 0.25) is 0 Å². The van der Waals surface area contributed by atoms with E-state index in [1.165, 1.54) is 11.8 Å². The highest BCUT2D eigenvalue weighted by Crippen LogP contribution is 2.45. The summed E-state index contributed by atoms with van der Waals surface area (Å²) in [6.45, 7) is 1.94. The van der Waals surface area contributed by atoms with Crippen LogP contribution in [-0.2, 0) is 4.79 Å². The maximum absolute atomic E-state index is 12.0. The average Bonchev–Trinajstić information content (AvgIpc) is 3.16. The van der Waals surface area contributed by atoms with Crippen molar-refractivity contribution in [2.45, 2.75) is 24.9 Å². The van der Waals surface area contributed by atoms with Crippen molar-refractivity contribution < 1.29 is 14.7 Å². The molecule has 0 aliphatic heterocycles. The molecular formula is C12H15N3O3S. The van der Waals surface area contributed by atoms with Crippen molar-refractivity contribution in [2.24, 2.45) is 5.41 Å². The molecule has 1 aliphatic carbocycles. The van der Waals surface area contributed by atoms with Gasteiger partial charge in [0.15, 0.2) is 5.16 Å². The molecule has 0 atom stereocenters. The summed E-state index contributed by atoms with van der Waals surface area (Å²) in [6.07, 6.45) is 3.06. The van der Waals surface area contributed by atoms with E-state index < -0.39 is 11.4 Å². The van der Waals surface area contributed by atoms with Gasteiger partial charge in [-0.05, 0) is 32.1 Å². The molecule has 7 heteroatoms. The summed E-state index contributed by atoms with van der Waals surface area (Å²) < 4.78 is 0. The number of aromatic nitrogens is 2. The summed E-state index contributed by atoms with van der Waals surface area (Å²) in [6, 6.07) is 1.59. The summed E-state index contributed by atoms with van der Waals surface area (Å²) in [5, 5.41) is 12.2. The van der Waals surface area contributed by atoms with E-state index in [0.717, 1.165) is 0 Å². The van der Waals surface area contributed by atoms with Crippen molar-refractivity contribution in [3.8, 4) is 0 Å². The smallest absolute Gasteiger partial charge is 0.311 e. The predicted molar refractivity (Wildman–Crippen MR) is 70.2 cm³/mol. The second-order valence-corrected chi connectivity index (χ2v) is 5.42. The third-order valence-electron chi connectivity index (χ3n) is 3.14. The number of carboxylic acids is 1. The van der Waals surface area contributed by atoms with E-state index in [-0.39, 0.29) is 18.1 Å². The molecule has 19 heavy (non-hydrogen) atoms. The lowest BCUT2D eigenvalue weighted by Gasteiger charge is -2.11. The molecule has 2 rings (SSSR count). The molecule has 0 unspecified atom stereocenters. The monoisotopic (exact) mass is 281 g/mol. The number of hydrogen-bond acceptors (Lipinski definition) is 5. The normalized spacial score (nSPS) is 15.9. The van der Waals surface area contributed by atoms with Gasteiger partial charge in [0.1, 0.15) is 5.69 Å². The van der Waals surface area contributed by atoms with E-state index in [1.54, 1.807) is 13.0 Å². The number of thioether (sulfide) groups is 1. The molecule has 1 heterocycles. The maximum atomic E-state index is 12.0. The second kappa shape index (κ2) is 5.16. The Morgan fingerprint density at radius 2 is 2.16 bits per heavy atom. The van der Waals surface area contributed by atoms with E-state index in [4.69, 9.17) is 5.11 Å². The van der Waals surface area contributed by atoms with Crippen LogP contribution in [0, 0.1) is 12.3 Å². The number of hydrogen-bond donors (Lipinski definition) is 2. The number of amides is 1. The lowest BCUT2D eigenvalue weighted by atomic mass is 10.1. The zero-order valence-corrected chi connectivity index (χ0v) is 11.6. The largest absolute Gasteiger partial charge is 0.481 e. The molecule has 2 N–H and O–H groups in total. The first kappa shape index (κ1) is 13.8. The number of carboxylic acid groups (broad SMARTS) is 1. The standard InChI is InChI=1S/C12H15N3O3S/c1-7-5-8(15-11(14-7)19-2)9(16)13-6-12(3-4-12)10(17)18/h5H,3-4,6H2,1-2H3,(H,13,16)(H,17,18). The third kappa shape index (κ3) is 3.04. The van der Waals surface area contributed by atoms with Crippen LogP contribution < -0.4 is 5.32 Å². The Morgan fingerprint density at radius 3 is 2.68 bits per heavy atom. The molecule has 0 radical (unpaired) electrons. The van der Waals surface area contributed by atoms with Crippen LogP contribution in [0.1, 0.15) is 29.0 Å². The van der Waals surface area contributed by atoms with Gasteiger partial charge >= 0.3 is 5.97 Å². The molecule has 0 aromatic carbocycles. The number of carbonyl (C=O) groups excluding carboxylic acids is 1. The Hall–Kier alpha value is -1.63. The fourth-order valence-corrected chi connectivity index (χ4v) is 2.13. The van der Waals surface area contributed by atoms with E-state index in [9.17, 15) is 9.59 Å². The van der Waals surface area contributed by atoms with Gasteiger partial charge in [-0.3, -0.25) is 9.59 Å². The van der Waals surface area contributed by atoms with Gasteiger partial charge in [-0.25, -0.2) is 9.97 Å². The van der Waals surface area contributed by atoms with Crippen LogP contribution in [0.2, 0.25) is 0 Å². The van der Waals surface area contributed by atoms with Crippen LogP contribution in [0.15, 0.2) is 11.2 Å². The second-order valence-electron chi connectivity index (χ2n) is 4.65. The summed E-state index contributed by atoms with van der Waals surface area (Å²) in [5.74, 6) is -1.20. The van der Waals surface area contributed by atoms with Crippen LogP contribution in [0.25, 0.3) is 0 Å². The lowest BCUT2D eigenvalue weighted by molar-refractivity contribution is -0.143. The summed E-state index contributed by atoms with van der Waals surface area (Å²) in [7, 11) is 0. The predicted octanol–water partition coefficient (Wildman–Crippen LogP) is 1.10. The van der Waals surface area contributed by atoms with Crippen molar-refractivity contribution in [1.82, 2.24) is 15.3 Å². The molecule has 0 bridgehead atoms. The Balaban J connectivity index is 2.04. The molecular weight excluding hydrogens is 266 g/mol. The van der Waals surface area contributed by atoms with Gasteiger partial charge < -0.3 is 10.4 Å². The fourth-order valence-electron chi connectivity index (χ4n) is 1.71. The molecule has 1 saturated carbocycles. The van der Waals surface area contributed by atoms with Crippen molar-refractivity contribution >= 4 is 23.6 Å². The van der Waals surface area contributed by atoms with Crippen molar-refractivity contribution in [3.05, 3.63) is 17.5 Å². The first-order chi connectivity index (χ1) is 8.97. The average molecular weight is 281 g/mol. The minimum atomic E-state index is -0.850. The first-order valence-electron chi connectivity index (χ1n) is 5.88. The summed E-state index contributed by atoms with van der Waals surface area (Å²) >= 11 is 1.36. The molecule has 6 nitrogen and oxygen atoms in total. The van der Waals surface area contributed by atoms with Crippen LogP contribution in [0.4, 0.5) is 0 Å². The van der Waals surface area contributed by atoms with Crippen LogP contribution >= 0.6 is 11.8 Å². The number of aliphatic carboxylic acids is 1. The van der Waals surface area contributed by atoms with Gasteiger partial charge in [0.25, 0.3) is 5.91 Å². The molecule has 0 spiro atoms. The highest BCUT2D eigenvalue weighted by molar-refractivity contribution is 7.98. The summed E-state index contributed by atoms with van der Waals surface area (Å²) in [4.78, 5) is 31.2. The molecule has 0 saturated heterocycles.